The van der Waals surface area contributed by atoms with E-state index >= 15 is 0 Å². The van der Waals surface area contributed by atoms with Crippen molar-refractivity contribution in [3.05, 3.63) is 47.5 Å². The highest BCUT2D eigenvalue weighted by atomic mass is 32.1. The summed E-state index contributed by atoms with van der Waals surface area (Å²) in [6.07, 6.45) is 3.51. The van der Waals surface area contributed by atoms with E-state index in [0.29, 0.717) is 11.7 Å². The topological polar surface area (TPSA) is 36.4 Å². The lowest BCUT2D eigenvalue weighted by molar-refractivity contribution is 0.941. The van der Waals surface area contributed by atoms with E-state index in [4.69, 9.17) is 12.2 Å². The summed E-state index contributed by atoms with van der Waals surface area (Å²) >= 11 is 5.01. The SMILES string of the molecule is C=CCNC(=S)N/N=C\c1cc(C)ccc1C. The molecule has 0 atom stereocenters. The van der Waals surface area contributed by atoms with Gasteiger partial charge in [0.2, 0.25) is 0 Å². The standard InChI is InChI=1S/C13H17N3S/c1-4-7-14-13(17)16-15-9-12-8-10(2)5-6-11(12)3/h4-6,8-9H,1,7H2,2-3H3,(H2,14,16,17)/b15-9-. The molecule has 0 amide bonds. The van der Waals surface area contributed by atoms with Crippen LogP contribution in [0.5, 0.6) is 0 Å². The van der Waals surface area contributed by atoms with E-state index in [1.807, 2.05) is 0 Å². The number of benzene rings is 1. The summed E-state index contributed by atoms with van der Waals surface area (Å²) in [6.45, 7) is 8.33. The number of aryl methyl sites for hydroxylation is 2. The van der Waals surface area contributed by atoms with Crippen LogP contribution >= 0.6 is 12.2 Å². The van der Waals surface area contributed by atoms with Crippen LogP contribution < -0.4 is 10.7 Å². The highest BCUT2D eigenvalue weighted by molar-refractivity contribution is 7.80. The highest BCUT2D eigenvalue weighted by Gasteiger charge is 1.95. The van der Waals surface area contributed by atoms with E-state index < -0.39 is 0 Å². The quantitative estimate of drug-likeness (QED) is 0.371. The molecule has 0 aliphatic carbocycles. The molecule has 0 aliphatic heterocycles. The first-order valence-corrected chi connectivity index (χ1v) is 5.79. The molecule has 4 heteroatoms. The lowest BCUT2D eigenvalue weighted by Gasteiger charge is -2.04. The lowest BCUT2D eigenvalue weighted by atomic mass is 10.1. The number of nitrogens with one attached hydrogen (secondary N) is 2. The summed E-state index contributed by atoms with van der Waals surface area (Å²) < 4.78 is 0. The van der Waals surface area contributed by atoms with E-state index in [1.165, 1.54) is 11.1 Å². The largest absolute Gasteiger partial charge is 0.358 e. The number of hydrazone groups is 1. The number of nitrogens with zero attached hydrogens (tertiary/aromatic N) is 1. The van der Waals surface area contributed by atoms with Crippen LogP contribution in [0.4, 0.5) is 0 Å². The first-order chi connectivity index (χ1) is 8.13. The average molecular weight is 247 g/mol. The minimum atomic E-state index is 0.492. The van der Waals surface area contributed by atoms with E-state index in [2.05, 4.69) is 54.5 Å². The predicted octanol–water partition coefficient (Wildman–Crippen LogP) is 2.29. The van der Waals surface area contributed by atoms with Crippen LogP contribution in [0.2, 0.25) is 0 Å². The third-order valence-electron chi connectivity index (χ3n) is 2.21. The molecule has 0 bridgehead atoms. The number of rotatable bonds is 4. The molecule has 17 heavy (non-hydrogen) atoms. The monoisotopic (exact) mass is 247 g/mol. The van der Waals surface area contributed by atoms with Crippen LogP contribution in [0.3, 0.4) is 0 Å². The molecule has 2 N–H and O–H groups in total. The van der Waals surface area contributed by atoms with Gasteiger partial charge in [0, 0.05) is 6.54 Å². The summed E-state index contributed by atoms with van der Waals surface area (Å²) in [6, 6.07) is 6.24. The Bertz CT molecular complexity index is 438. The molecule has 0 radical (unpaired) electrons. The van der Waals surface area contributed by atoms with Crippen LogP contribution in [-0.2, 0) is 0 Å². The van der Waals surface area contributed by atoms with Crippen molar-refractivity contribution in [1.82, 2.24) is 10.7 Å². The average Bonchev–Trinajstić information content (AvgIpc) is 2.31. The molecule has 3 nitrogen and oxygen atoms in total. The Morgan fingerprint density at radius 1 is 1.47 bits per heavy atom. The lowest BCUT2D eigenvalue weighted by Crippen LogP contribution is -2.31. The second-order valence-electron chi connectivity index (χ2n) is 3.73. The van der Waals surface area contributed by atoms with Crippen LogP contribution in [0, 0.1) is 13.8 Å². The van der Waals surface area contributed by atoms with Crippen molar-refractivity contribution in [3.8, 4) is 0 Å². The summed E-state index contributed by atoms with van der Waals surface area (Å²) in [7, 11) is 0. The predicted molar refractivity (Wildman–Crippen MR) is 77.4 cm³/mol. The Kier molecular flexibility index (Phi) is 5.36. The van der Waals surface area contributed by atoms with Crippen molar-refractivity contribution in [2.45, 2.75) is 13.8 Å². The second kappa shape index (κ2) is 6.81. The minimum absolute atomic E-state index is 0.492. The number of hydrogen-bond donors (Lipinski definition) is 2. The van der Waals surface area contributed by atoms with Crippen LogP contribution in [-0.4, -0.2) is 17.9 Å². The van der Waals surface area contributed by atoms with Crippen molar-refractivity contribution in [1.29, 1.82) is 0 Å². The van der Waals surface area contributed by atoms with Crippen molar-refractivity contribution < 1.29 is 0 Å². The zero-order valence-corrected chi connectivity index (χ0v) is 11.0. The van der Waals surface area contributed by atoms with Gasteiger partial charge in [-0.3, -0.25) is 5.43 Å². The highest BCUT2D eigenvalue weighted by Crippen LogP contribution is 2.07. The van der Waals surface area contributed by atoms with Gasteiger partial charge in [-0.1, -0.05) is 29.8 Å². The van der Waals surface area contributed by atoms with Crippen molar-refractivity contribution in [2.75, 3.05) is 6.54 Å². The fourth-order valence-corrected chi connectivity index (χ4v) is 1.40. The van der Waals surface area contributed by atoms with E-state index in [0.717, 1.165) is 5.56 Å². The molecule has 0 unspecified atom stereocenters. The number of thiocarbonyl (C=S) groups is 1. The Balaban J connectivity index is 2.56. The smallest absolute Gasteiger partial charge is 0.187 e. The Labute approximate surface area is 108 Å². The summed E-state index contributed by atoms with van der Waals surface area (Å²) in [5, 5.41) is 7.51. The third kappa shape index (κ3) is 4.78. The van der Waals surface area contributed by atoms with Crippen LogP contribution in [0.25, 0.3) is 0 Å². The van der Waals surface area contributed by atoms with Gasteiger partial charge in [0.15, 0.2) is 5.11 Å². The summed E-state index contributed by atoms with van der Waals surface area (Å²) in [5.74, 6) is 0. The van der Waals surface area contributed by atoms with Gasteiger partial charge >= 0.3 is 0 Å². The van der Waals surface area contributed by atoms with Crippen molar-refractivity contribution >= 4 is 23.5 Å². The van der Waals surface area contributed by atoms with Crippen molar-refractivity contribution in [3.63, 3.8) is 0 Å². The maximum Gasteiger partial charge on any atom is 0.187 e. The summed E-state index contributed by atoms with van der Waals surface area (Å²) in [4.78, 5) is 0. The molecule has 0 aromatic heterocycles. The Hall–Kier alpha value is -1.68. The van der Waals surface area contributed by atoms with Crippen molar-refractivity contribution in [2.24, 2.45) is 5.10 Å². The van der Waals surface area contributed by atoms with Gasteiger partial charge in [-0.05, 0) is 37.2 Å². The molecule has 0 saturated heterocycles. The van der Waals surface area contributed by atoms with Gasteiger partial charge in [0.1, 0.15) is 0 Å². The normalized spacial score (nSPS) is 10.2. The molecule has 90 valence electrons. The molecular formula is C13H17N3S. The summed E-state index contributed by atoms with van der Waals surface area (Å²) in [5.41, 5.74) is 6.24. The third-order valence-corrected chi connectivity index (χ3v) is 2.45. The zero-order valence-electron chi connectivity index (χ0n) is 10.2. The maximum atomic E-state index is 5.01. The minimum Gasteiger partial charge on any atom is -0.358 e. The maximum absolute atomic E-state index is 5.01. The Morgan fingerprint density at radius 2 is 2.24 bits per heavy atom. The molecule has 1 aromatic rings. The van der Waals surface area contributed by atoms with Crippen LogP contribution in [0.1, 0.15) is 16.7 Å². The molecule has 1 aromatic carbocycles. The Morgan fingerprint density at radius 3 is 2.94 bits per heavy atom. The first kappa shape index (κ1) is 13.4. The van der Waals surface area contributed by atoms with E-state index in [9.17, 15) is 0 Å². The van der Waals surface area contributed by atoms with Gasteiger partial charge in [0.05, 0.1) is 6.21 Å². The zero-order chi connectivity index (χ0) is 12.7. The second-order valence-corrected chi connectivity index (χ2v) is 4.14. The molecule has 0 saturated carbocycles. The molecule has 0 spiro atoms. The molecule has 0 aliphatic rings. The van der Waals surface area contributed by atoms with E-state index in [1.54, 1.807) is 12.3 Å². The fourth-order valence-electron chi connectivity index (χ4n) is 1.26. The van der Waals surface area contributed by atoms with Gasteiger partial charge < -0.3 is 5.32 Å². The van der Waals surface area contributed by atoms with E-state index in [-0.39, 0.29) is 0 Å². The fraction of sp³-hybridized carbons (Fsp3) is 0.231. The molecular weight excluding hydrogens is 230 g/mol. The van der Waals surface area contributed by atoms with Gasteiger partial charge in [-0.2, -0.15) is 5.10 Å². The first-order valence-electron chi connectivity index (χ1n) is 5.38. The molecule has 0 fully saturated rings. The van der Waals surface area contributed by atoms with Gasteiger partial charge in [0.25, 0.3) is 0 Å². The van der Waals surface area contributed by atoms with Gasteiger partial charge in [-0.25, -0.2) is 0 Å². The number of hydrogen-bond acceptors (Lipinski definition) is 2. The molecule has 0 heterocycles. The van der Waals surface area contributed by atoms with Crippen LogP contribution in [0.15, 0.2) is 36.0 Å². The van der Waals surface area contributed by atoms with Gasteiger partial charge in [-0.15, -0.1) is 6.58 Å². The molecule has 1 rings (SSSR count).